The van der Waals surface area contributed by atoms with E-state index in [4.69, 9.17) is 0 Å². The topological polar surface area (TPSA) is 0 Å². The zero-order chi connectivity index (χ0) is 7.11. The van der Waals surface area contributed by atoms with Gasteiger partial charge in [-0.15, -0.1) is 0 Å². The normalized spacial score (nSPS) is 13.9. The molecule has 0 spiro atoms. The molecule has 0 heterocycles. The van der Waals surface area contributed by atoms with Gasteiger partial charge in [-0.2, -0.15) is 0 Å². The Labute approximate surface area is 53.2 Å². The summed E-state index contributed by atoms with van der Waals surface area (Å²) in [6.45, 7) is 1.75. The first-order valence-electron chi connectivity index (χ1n) is 2.56. The summed E-state index contributed by atoms with van der Waals surface area (Å²) in [4.78, 5) is 0. The molecule has 0 N–H and O–H groups in total. The molecule has 0 aliphatic heterocycles. The summed E-state index contributed by atoms with van der Waals surface area (Å²) < 4.78 is 23.3. The van der Waals surface area contributed by atoms with Crippen molar-refractivity contribution >= 4 is 0 Å². The summed E-state index contributed by atoms with van der Waals surface area (Å²) in [5.74, 6) is -0.587. The second-order valence-corrected chi connectivity index (χ2v) is 1.37. The highest BCUT2D eigenvalue weighted by Gasteiger charge is 1.80. The molecule has 0 fully saturated rings. The molecule has 0 atom stereocenters. The highest BCUT2D eigenvalue weighted by Crippen LogP contribution is 1.97. The minimum atomic E-state index is -0.587. The average molecular weight is 130 g/mol. The van der Waals surface area contributed by atoms with Gasteiger partial charge in [-0.05, 0) is 13.0 Å². The molecule has 9 heavy (non-hydrogen) atoms. The van der Waals surface area contributed by atoms with Crippen LogP contribution in [0.4, 0.5) is 8.78 Å². The fourth-order valence-corrected chi connectivity index (χ4v) is 0.304. The first-order chi connectivity index (χ1) is 4.31. The van der Waals surface area contributed by atoms with Gasteiger partial charge in [0.2, 0.25) is 0 Å². The maximum atomic E-state index is 12.1. The second-order valence-electron chi connectivity index (χ2n) is 1.37. The minimum Gasteiger partial charge on any atom is -0.215 e. The lowest BCUT2D eigenvalue weighted by atomic mass is 10.4. The number of hydrogen-bond donors (Lipinski definition) is 0. The molecule has 2 heteroatoms. The third kappa shape index (κ3) is 4.94. The highest BCUT2D eigenvalue weighted by molar-refractivity contribution is 5.15. The van der Waals surface area contributed by atoms with Gasteiger partial charge in [0, 0.05) is 6.08 Å². The molecule has 0 rings (SSSR count). The molecular weight excluding hydrogens is 122 g/mol. The predicted octanol–water partition coefficient (Wildman–Crippen LogP) is 2.90. The number of allylic oxidation sites excluding steroid dienone is 5. The smallest absolute Gasteiger partial charge is 0.125 e. The minimum absolute atomic E-state index is 0.162. The SMILES string of the molecule is C/C=C/C=C(F)\C=C\F. The molecule has 0 unspecified atom stereocenters. The monoisotopic (exact) mass is 130 g/mol. The lowest BCUT2D eigenvalue weighted by Gasteiger charge is -1.77. The Morgan fingerprint density at radius 3 is 2.56 bits per heavy atom. The van der Waals surface area contributed by atoms with Crippen LogP contribution in [0.3, 0.4) is 0 Å². The summed E-state index contributed by atoms with van der Waals surface area (Å²) >= 11 is 0. The molecule has 0 saturated carbocycles. The van der Waals surface area contributed by atoms with Crippen LogP contribution in [0.5, 0.6) is 0 Å². The van der Waals surface area contributed by atoms with Gasteiger partial charge in [0.05, 0.1) is 6.33 Å². The van der Waals surface area contributed by atoms with Gasteiger partial charge in [0.1, 0.15) is 5.83 Å². The molecule has 0 aliphatic carbocycles. The average Bonchev–Trinajstić information content (AvgIpc) is 1.85. The van der Waals surface area contributed by atoms with Crippen molar-refractivity contribution in [3.63, 3.8) is 0 Å². The third-order valence-electron chi connectivity index (χ3n) is 0.670. The van der Waals surface area contributed by atoms with E-state index < -0.39 is 5.83 Å². The van der Waals surface area contributed by atoms with Crippen LogP contribution in [0.25, 0.3) is 0 Å². The molecule has 0 radical (unpaired) electrons. The molecule has 0 saturated heterocycles. The molecule has 0 aromatic heterocycles. The molecule has 50 valence electrons. The van der Waals surface area contributed by atoms with Gasteiger partial charge >= 0.3 is 0 Å². The Morgan fingerprint density at radius 2 is 2.11 bits per heavy atom. The van der Waals surface area contributed by atoms with E-state index in [-0.39, 0.29) is 6.33 Å². The Kier molecular flexibility index (Phi) is 4.69. The van der Waals surface area contributed by atoms with E-state index in [9.17, 15) is 8.78 Å². The Balaban J connectivity index is 3.84. The summed E-state index contributed by atoms with van der Waals surface area (Å²) in [5.41, 5.74) is 0. The van der Waals surface area contributed by atoms with Gasteiger partial charge in [0.15, 0.2) is 0 Å². The lowest BCUT2D eigenvalue weighted by molar-refractivity contribution is 0.652. The maximum absolute atomic E-state index is 12.1. The summed E-state index contributed by atoms with van der Waals surface area (Å²) in [5, 5.41) is 0. The summed E-state index contributed by atoms with van der Waals surface area (Å²) in [6, 6.07) is 0. The standard InChI is InChI=1S/C7H8F2/c1-2-3-4-7(9)5-6-8/h2-6H,1H3/b3-2+,6-5+,7-4+. The summed E-state index contributed by atoms with van der Waals surface area (Å²) in [6.07, 6.45) is 5.24. The van der Waals surface area contributed by atoms with Crippen LogP contribution in [-0.4, -0.2) is 0 Å². The zero-order valence-corrected chi connectivity index (χ0v) is 5.14. The zero-order valence-electron chi connectivity index (χ0n) is 5.14. The van der Waals surface area contributed by atoms with Crippen LogP contribution in [0.15, 0.2) is 36.5 Å². The Morgan fingerprint density at radius 1 is 1.44 bits per heavy atom. The van der Waals surface area contributed by atoms with Crippen molar-refractivity contribution in [2.45, 2.75) is 6.92 Å². The second kappa shape index (κ2) is 5.22. The van der Waals surface area contributed by atoms with E-state index in [1.54, 1.807) is 13.0 Å². The highest BCUT2D eigenvalue weighted by atomic mass is 19.1. The Hall–Kier alpha value is -0.920. The van der Waals surface area contributed by atoms with Crippen LogP contribution in [0.1, 0.15) is 6.92 Å². The quantitative estimate of drug-likeness (QED) is 0.504. The van der Waals surface area contributed by atoms with Crippen molar-refractivity contribution in [2.75, 3.05) is 0 Å². The third-order valence-corrected chi connectivity index (χ3v) is 0.670. The maximum Gasteiger partial charge on any atom is 0.125 e. The van der Waals surface area contributed by atoms with Gasteiger partial charge in [-0.25, -0.2) is 8.78 Å². The van der Waals surface area contributed by atoms with Crippen LogP contribution < -0.4 is 0 Å². The van der Waals surface area contributed by atoms with Crippen molar-refractivity contribution in [3.05, 3.63) is 36.5 Å². The van der Waals surface area contributed by atoms with Gasteiger partial charge in [0.25, 0.3) is 0 Å². The van der Waals surface area contributed by atoms with Gasteiger partial charge < -0.3 is 0 Å². The van der Waals surface area contributed by atoms with Gasteiger partial charge in [-0.3, -0.25) is 0 Å². The van der Waals surface area contributed by atoms with Crippen molar-refractivity contribution < 1.29 is 8.78 Å². The molecule has 0 aromatic carbocycles. The van der Waals surface area contributed by atoms with Crippen LogP contribution in [0, 0.1) is 0 Å². The van der Waals surface area contributed by atoms with E-state index in [1.807, 2.05) is 0 Å². The van der Waals surface area contributed by atoms with E-state index in [0.29, 0.717) is 0 Å². The Bertz CT molecular complexity index is 143. The molecular formula is C7H8F2. The fourth-order valence-electron chi connectivity index (χ4n) is 0.304. The molecule has 0 aromatic rings. The van der Waals surface area contributed by atoms with Crippen molar-refractivity contribution in [3.8, 4) is 0 Å². The fraction of sp³-hybridized carbons (Fsp3) is 0.143. The molecule has 0 nitrogen and oxygen atoms in total. The van der Waals surface area contributed by atoms with Crippen LogP contribution in [-0.2, 0) is 0 Å². The van der Waals surface area contributed by atoms with Crippen molar-refractivity contribution in [2.24, 2.45) is 0 Å². The first kappa shape index (κ1) is 8.08. The number of rotatable bonds is 2. The van der Waals surface area contributed by atoms with Crippen molar-refractivity contribution in [1.82, 2.24) is 0 Å². The lowest BCUT2D eigenvalue weighted by Crippen LogP contribution is -1.59. The van der Waals surface area contributed by atoms with E-state index >= 15 is 0 Å². The molecule has 0 aliphatic rings. The van der Waals surface area contributed by atoms with Crippen LogP contribution >= 0.6 is 0 Å². The number of halogens is 2. The molecule has 0 amide bonds. The van der Waals surface area contributed by atoms with Crippen molar-refractivity contribution in [1.29, 1.82) is 0 Å². The first-order valence-corrected chi connectivity index (χ1v) is 2.56. The van der Waals surface area contributed by atoms with Crippen LogP contribution in [0.2, 0.25) is 0 Å². The predicted molar refractivity (Wildman–Crippen MR) is 34.3 cm³/mol. The largest absolute Gasteiger partial charge is 0.215 e. The van der Waals surface area contributed by atoms with Gasteiger partial charge in [-0.1, -0.05) is 12.2 Å². The summed E-state index contributed by atoms with van der Waals surface area (Å²) in [7, 11) is 0. The van der Waals surface area contributed by atoms with E-state index in [0.717, 1.165) is 6.08 Å². The molecule has 0 bridgehead atoms. The number of hydrogen-bond acceptors (Lipinski definition) is 0. The van der Waals surface area contributed by atoms with E-state index in [2.05, 4.69) is 0 Å². The van der Waals surface area contributed by atoms with E-state index in [1.165, 1.54) is 12.2 Å².